The molecule has 1 aliphatic rings. The van der Waals surface area contributed by atoms with E-state index in [-0.39, 0.29) is 11.5 Å². The average molecular weight is 231 g/mol. The fourth-order valence-corrected chi connectivity index (χ4v) is 2.06. The number of hydrogen-bond donors (Lipinski definition) is 2. The van der Waals surface area contributed by atoms with Crippen molar-refractivity contribution in [2.45, 2.75) is 6.54 Å². The second-order valence-corrected chi connectivity index (χ2v) is 3.76. The Morgan fingerprint density at radius 3 is 3.00 bits per heavy atom. The van der Waals surface area contributed by atoms with Crippen LogP contribution in [-0.2, 0) is 6.54 Å². The summed E-state index contributed by atoms with van der Waals surface area (Å²) < 4.78 is 5.27. The summed E-state index contributed by atoms with van der Waals surface area (Å²) in [5.74, 6) is 0.356. The minimum atomic E-state index is -0.298. The van der Waals surface area contributed by atoms with Crippen molar-refractivity contribution in [3.05, 3.63) is 33.7 Å². The monoisotopic (exact) mass is 231 g/mol. The first-order valence-electron chi connectivity index (χ1n) is 5.08. The molecule has 2 N–H and O–H groups in total. The van der Waals surface area contributed by atoms with E-state index in [0.29, 0.717) is 28.9 Å². The van der Waals surface area contributed by atoms with Gasteiger partial charge in [0.2, 0.25) is 0 Å². The van der Waals surface area contributed by atoms with Crippen LogP contribution in [0.2, 0.25) is 0 Å². The van der Waals surface area contributed by atoms with E-state index in [0.717, 1.165) is 5.56 Å². The molecule has 6 heteroatoms. The normalized spacial score (nSPS) is 13.6. The number of ether oxygens (including phenoxy) is 1. The first-order chi connectivity index (χ1) is 8.20. The Balaban J connectivity index is 2.47. The Labute approximate surface area is 95.6 Å². The highest BCUT2D eigenvalue weighted by atomic mass is 16.5. The summed E-state index contributed by atoms with van der Waals surface area (Å²) in [5.41, 5.74) is 2.07. The highest BCUT2D eigenvalue weighted by Gasteiger charge is 2.25. The molecule has 1 amide bonds. The molecule has 0 spiro atoms. The summed E-state index contributed by atoms with van der Waals surface area (Å²) in [6, 6.07) is 1.66. The first kappa shape index (κ1) is 9.83. The minimum absolute atomic E-state index is 0.145. The molecule has 0 fully saturated rings. The van der Waals surface area contributed by atoms with Crippen LogP contribution in [0.25, 0.3) is 11.0 Å². The standard InChI is InChI=1S/C11H9N3O3/c1-17-10-6-3-13-11(16)5(6)2-7-9(10)14-8(15)4-12-7/h2,4H,3H2,1H3,(H,13,16)(H,14,15). The Morgan fingerprint density at radius 2 is 2.24 bits per heavy atom. The number of benzene rings is 1. The quantitative estimate of drug-likeness (QED) is 0.733. The van der Waals surface area contributed by atoms with Crippen LogP contribution in [0.1, 0.15) is 15.9 Å². The van der Waals surface area contributed by atoms with E-state index in [4.69, 9.17) is 4.74 Å². The van der Waals surface area contributed by atoms with Gasteiger partial charge in [0.15, 0.2) is 0 Å². The lowest BCUT2D eigenvalue weighted by molar-refractivity contribution is 0.0966. The highest BCUT2D eigenvalue weighted by Crippen LogP contribution is 2.32. The molecule has 1 aliphatic heterocycles. The van der Waals surface area contributed by atoms with Crippen LogP contribution in [0.15, 0.2) is 17.1 Å². The Morgan fingerprint density at radius 1 is 1.41 bits per heavy atom. The molecule has 0 aliphatic carbocycles. The predicted octanol–water partition coefficient (Wildman–Crippen LogP) is 0.175. The molecule has 0 unspecified atom stereocenters. The van der Waals surface area contributed by atoms with Gasteiger partial charge in [0.1, 0.15) is 11.3 Å². The van der Waals surface area contributed by atoms with Crippen LogP contribution < -0.4 is 15.6 Å². The lowest BCUT2D eigenvalue weighted by Crippen LogP contribution is -2.12. The van der Waals surface area contributed by atoms with E-state index in [1.807, 2.05) is 0 Å². The van der Waals surface area contributed by atoms with Gasteiger partial charge in [-0.05, 0) is 6.07 Å². The van der Waals surface area contributed by atoms with Crippen molar-refractivity contribution < 1.29 is 9.53 Å². The molecule has 0 atom stereocenters. The van der Waals surface area contributed by atoms with E-state index in [9.17, 15) is 9.59 Å². The number of nitrogens with zero attached hydrogens (tertiary/aromatic N) is 1. The average Bonchev–Trinajstić information content (AvgIpc) is 2.68. The molecule has 2 heterocycles. The molecule has 6 nitrogen and oxygen atoms in total. The highest BCUT2D eigenvalue weighted by molar-refractivity contribution is 6.03. The molecule has 86 valence electrons. The van der Waals surface area contributed by atoms with Gasteiger partial charge >= 0.3 is 0 Å². The SMILES string of the molecule is COc1c2c(cc3ncc(=O)[nH]c13)C(=O)NC2. The second kappa shape index (κ2) is 3.31. The number of carbonyl (C=O) groups is 1. The number of nitrogens with one attached hydrogen (secondary N) is 2. The Bertz CT molecular complexity index is 690. The van der Waals surface area contributed by atoms with Crippen molar-refractivity contribution in [1.29, 1.82) is 0 Å². The maximum Gasteiger partial charge on any atom is 0.266 e. The van der Waals surface area contributed by atoms with Crippen molar-refractivity contribution >= 4 is 16.9 Å². The third-order valence-corrected chi connectivity index (χ3v) is 2.81. The Hall–Kier alpha value is -2.37. The van der Waals surface area contributed by atoms with Crippen LogP contribution in [0.5, 0.6) is 5.75 Å². The molecule has 1 aromatic carbocycles. The smallest absolute Gasteiger partial charge is 0.266 e. The van der Waals surface area contributed by atoms with Gasteiger partial charge in [-0.1, -0.05) is 0 Å². The zero-order valence-electron chi connectivity index (χ0n) is 9.03. The van der Waals surface area contributed by atoms with Crippen LogP contribution in [0, 0.1) is 0 Å². The first-order valence-corrected chi connectivity index (χ1v) is 5.08. The summed E-state index contributed by atoms with van der Waals surface area (Å²) in [7, 11) is 1.50. The van der Waals surface area contributed by atoms with E-state index >= 15 is 0 Å². The molecule has 0 radical (unpaired) electrons. The molecule has 3 rings (SSSR count). The van der Waals surface area contributed by atoms with Gasteiger partial charge < -0.3 is 15.0 Å². The largest absolute Gasteiger partial charge is 0.494 e. The summed E-state index contributed by atoms with van der Waals surface area (Å²) in [5, 5.41) is 2.71. The van der Waals surface area contributed by atoms with Gasteiger partial charge in [-0.25, -0.2) is 4.98 Å². The fourth-order valence-electron chi connectivity index (χ4n) is 2.06. The van der Waals surface area contributed by atoms with E-state index in [1.54, 1.807) is 6.07 Å². The second-order valence-electron chi connectivity index (χ2n) is 3.76. The van der Waals surface area contributed by atoms with Gasteiger partial charge in [-0.2, -0.15) is 0 Å². The van der Waals surface area contributed by atoms with Crippen molar-refractivity contribution in [1.82, 2.24) is 15.3 Å². The van der Waals surface area contributed by atoms with Gasteiger partial charge in [0, 0.05) is 12.1 Å². The summed E-state index contributed by atoms with van der Waals surface area (Å²) in [6.45, 7) is 0.407. The van der Waals surface area contributed by atoms with Crippen molar-refractivity contribution in [2.24, 2.45) is 0 Å². The van der Waals surface area contributed by atoms with Crippen molar-refractivity contribution in [2.75, 3.05) is 7.11 Å². The topological polar surface area (TPSA) is 84.1 Å². The van der Waals surface area contributed by atoms with Crippen LogP contribution >= 0.6 is 0 Å². The molecule has 2 aromatic rings. The predicted molar refractivity (Wildman–Crippen MR) is 60.1 cm³/mol. The van der Waals surface area contributed by atoms with Crippen molar-refractivity contribution in [3.63, 3.8) is 0 Å². The molecule has 0 saturated heterocycles. The molecule has 0 saturated carbocycles. The number of H-pyrrole nitrogens is 1. The lowest BCUT2D eigenvalue weighted by Gasteiger charge is -2.08. The number of aromatic nitrogens is 2. The summed E-state index contributed by atoms with van der Waals surface area (Å²) in [4.78, 5) is 29.5. The van der Waals surface area contributed by atoms with E-state index < -0.39 is 0 Å². The lowest BCUT2D eigenvalue weighted by atomic mass is 10.1. The number of carbonyl (C=O) groups excluding carboxylic acids is 1. The van der Waals surface area contributed by atoms with Crippen LogP contribution in [-0.4, -0.2) is 23.0 Å². The number of fused-ring (bicyclic) bond motifs is 2. The number of methoxy groups -OCH3 is 1. The zero-order valence-corrected chi connectivity index (χ0v) is 9.03. The molecule has 1 aromatic heterocycles. The van der Waals surface area contributed by atoms with Gasteiger partial charge in [0.25, 0.3) is 11.5 Å². The summed E-state index contributed by atoms with van der Waals surface area (Å²) >= 11 is 0. The van der Waals surface area contributed by atoms with Gasteiger partial charge in [-0.3, -0.25) is 9.59 Å². The number of rotatable bonds is 1. The molecule has 0 bridgehead atoms. The Kier molecular flexibility index (Phi) is 1.91. The maximum absolute atomic E-state index is 11.6. The van der Waals surface area contributed by atoms with Crippen LogP contribution in [0.4, 0.5) is 0 Å². The van der Waals surface area contributed by atoms with Crippen molar-refractivity contribution in [3.8, 4) is 5.75 Å². The van der Waals surface area contributed by atoms with E-state index in [2.05, 4.69) is 15.3 Å². The minimum Gasteiger partial charge on any atom is -0.494 e. The molecular formula is C11H9N3O3. The number of aromatic amines is 1. The number of amides is 1. The van der Waals surface area contributed by atoms with Gasteiger partial charge in [0.05, 0.1) is 24.4 Å². The third-order valence-electron chi connectivity index (χ3n) is 2.81. The number of hydrogen-bond acceptors (Lipinski definition) is 4. The summed E-state index contributed by atoms with van der Waals surface area (Å²) in [6.07, 6.45) is 1.18. The maximum atomic E-state index is 11.6. The van der Waals surface area contributed by atoms with Crippen LogP contribution in [0.3, 0.4) is 0 Å². The fraction of sp³-hybridized carbons (Fsp3) is 0.182. The van der Waals surface area contributed by atoms with Gasteiger partial charge in [-0.15, -0.1) is 0 Å². The molecule has 17 heavy (non-hydrogen) atoms. The van der Waals surface area contributed by atoms with E-state index in [1.165, 1.54) is 13.3 Å². The zero-order chi connectivity index (χ0) is 12.0. The third kappa shape index (κ3) is 1.30. The molecular weight excluding hydrogens is 222 g/mol.